The molecule has 0 unspecified atom stereocenters. The Morgan fingerprint density at radius 3 is 2.61 bits per heavy atom. The van der Waals surface area contributed by atoms with Gasteiger partial charge in [-0.25, -0.2) is 0 Å². The van der Waals surface area contributed by atoms with Gasteiger partial charge in [-0.1, -0.05) is 45.9 Å². The van der Waals surface area contributed by atoms with Crippen LogP contribution >= 0.6 is 15.9 Å². The molecule has 38 heavy (non-hydrogen) atoms. The molecular formula is C31H37BrN2O4. The highest BCUT2D eigenvalue weighted by Crippen LogP contribution is 2.66. The highest BCUT2D eigenvalue weighted by atomic mass is 79.9. The van der Waals surface area contributed by atoms with Gasteiger partial charge < -0.3 is 20.1 Å². The number of carbonyl (C=O) groups excluding carboxylic acids is 2. The van der Waals surface area contributed by atoms with Crippen LogP contribution < -0.4 is 20.1 Å². The number of halogens is 1. The number of hydrogen-bond donors (Lipinski definition) is 2. The Hall–Kier alpha value is -2.38. The van der Waals surface area contributed by atoms with Crippen LogP contribution in [0.4, 0.5) is 0 Å². The predicted octanol–water partition coefficient (Wildman–Crippen LogP) is 5.60. The standard InChI is InChI=1S/C31H37BrN2O4/c1-16-11-12-22-29(2,3)27(35)20(33-5)15-31(22)30(16,4)14-17-13-19(32)23-24(26(17)38-31)25(34-28(23)36)18-9-7-8-10-21(18)37-6/h7-10,13,16,20,22,25,33H,11-12,14-15H2,1-6H3,(H,34,36)/t16-,20+,22-,25+,30+,31-/m0/s1. The van der Waals surface area contributed by atoms with Gasteiger partial charge in [-0.3, -0.25) is 9.59 Å². The molecule has 0 saturated heterocycles. The van der Waals surface area contributed by atoms with E-state index in [1.54, 1.807) is 7.11 Å². The van der Waals surface area contributed by atoms with Gasteiger partial charge in [0.1, 0.15) is 17.1 Å². The van der Waals surface area contributed by atoms with Crippen LogP contribution in [0.5, 0.6) is 11.5 Å². The van der Waals surface area contributed by atoms with Crippen LogP contribution in [0.15, 0.2) is 34.8 Å². The fourth-order valence-electron chi connectivity index (χ4n) is 8.36. The van der Waals surface area contributed by atoms with Gasteiger partial charge >= 0.3 is 0 Å². The molecule has 2 aromatic rings. The van der Waals surface area contributed by atoms with Crippen molar-refractivity contribution in [3.63, 3.8) is 0 Å². The van der Waals surface area contributed by atoms with Crippen molar-refractivity contribution >= 4 is 27.6 Å². The van der Waals surface area contributed by atoms with E-state index in [-0.39, 0.29) is 29.1 Å². The molecule has 0 radical (unpaired) electrons. The Kier molecular flexibility index (Phi) is 5.83. The summed E-state index contributed by atoms with van der Waals surface area (Å²) in [5.74, 6) is 2.17. The molecule has 1 spiro atoms. The molecule has 2 heterocycles. The topological polar surface area (TPSA) is 76.7 Å². The second kappa shape index (κ2) is 8.56. The Morgan fingerprint density at radius 1 is 1.16 bits per heavy atom. The van der Waals surface area contributed by atoms with Gasteiger partial charge in [-0.15, -0.1) is 0 Å². The van der Waals surface area contributed by atoms with Crippen molar-refractivity contribution in [1.29, 1.82) is 0 Å². The molecular weight excluding hydrogens is 544 g/mol. The van der Waals surface area contributed by atoms with E-state index in [4.69, 9.17) is 9.47 Å². The van der Waals surface area contributed by atoms with Crippen LogP contribution in [0.25, 0.3) is 0 Å². The number of fused-ring (bicyclic) bond motifs is 3. The minimum absolute atomic E-state index is 0.0792. The summed E-state index contributed by atoms with van der Waals surface area (Å²) in [5, 5.41) is 6.53. The average Bonchev–Trinajstić information content (AvgIpc) is 3.24. The minimum atomic E-state index is -0.540. The number of carbonyl (C=O) groups is 2. The zero-order valence-electron chi connectivity index (χ0n) is 23.0. The van der Waals surface area contributed by atoms with Crippen molar-refractivity contribution in [2.45, 2.75) is 71.1 Å². The highest BCUT2D eigenvalue weighted by molar-refractivity contribution is 9.10. The number of Topliss-reactive ketones (excluding diaryl/α,β-unsaturated/α-hetero) is 1. The lowest BCUT2D eigenvalue weighted by molar-refractivity contribution is -0.212. The minimum Gasteiger partial charge on any atom is -0.496 e. The van der Waals surface area contributed by atoms with E-state index in [0.717, 1.165) is 51.9 Å². The number of nitrogens with one attached hydrogen (secondary N) is 2. The van der Waals surface area contributed by atoms with Gasteiger partial charge in [0.15, 0.2) is 5.78 Å². The van der Waals surface area contributed by atoms with Crippen molar-refractivity contribution in [3.05, 3.63) is 57.1 Å². The molecule has 4 aliphatic rings. The number of hydrogen-bond acceptors (Lipinski definition) is 5. The maximum absolute atomic E-state index is 13.6. The summed E-state index contributed by atoms with van der Waals surface area (Å²) in [4.78, 5) is 27.0. The molecule has 1 amide bonds. The van der Waals surface area contributed by atoms with Crippen molar-refractivity contribution in [3.8, 4) is 11.5 Å². The Morgan fingerprint density at radius 2 is 1.89 bits per heavy atom. The number of rotatable bonds is 3. The van der Waals surface area contributed by atoms with E-state index >= 15 is 0 Å². The first-order valence-corrected chi connectivity index (χ1v) is 14.5. The second-order valence-electron chi connectivity index (χ2n) is 12.5. The van der Waals surface area contributed by atoms with Crippen molar-refractivity contribution in [2.75, 3.05) is 14.2 Å². The Labute approximate surface area is 233 Å². The second-order valence-corrected chi connectivity index (χ2v) is 13.4. The molecule has 202 valence electrons. The summed E-state index contributed by atoms with van der Waals surface area (Å²) in [6.45, 7) is 8.92. The third-order valence-corrected chi connectivity index (χ3v) is 11.2. The smallest absolute Gasteiger partial charge is 0.253 e. The number of ether oxygens (including phenoxy) is 2. The molecule has 2 aliphatic heterocycles. The monoisotopic (exact) mass is 580 g/mol. The van der Waals surface area contributed by atoms with Gasteiger partial charge in [0.25, 0.3) is 5.91 Å². The number of para-hydroxylation sites is 1. The van der Waals surface area contributed by atoms with E-state index in [9.17, 15) is 9.59 Å². The molecule has 0 aromatic heterocycles. The van der Waals surface area contributed by atoms with Crippen LogP contribution in [0, 0.1) is 22.7 Å². The van der Waals surface area contributed by atoms with E-state index in [1.807, 2.05) is 31.3 Å². The third-order valence-electron chi connectivity index (χ3n) is 10.6. The zero-order chi connectivity index (χ0) is 27.2. The fourth-order valence-corrected chi connectivity index (χ4v) is 9.03. The lowest BCUT2D eigenvalue weighted by atomic mass is 9.43. The number of ketones is 1. The van der Waals surface area contributed by atoms with Crippen LogP contribution in [0.2, 0.25) is 0 Å². The van der Waals surface area contributed by atoms with Gasteiger partial charge in [0.05, 0.1) is 24.8 Å². The molecule has 2 saturated carbocycles. The first kappa shape index (κ1) is 25.9. The lowest BCUT2D eigenvalue weighted by Crippen LogP contribution is -2.73. The van der Waals surface area contributed by atoms with E-state index in [1.165, 1.54) is 0 Å². The molecule has 7 heteroatoms. The van der Waals surface area contributed by atoms with E-state index in [2.05, 4.69) is 60.3 Å². The van der Waals surface area contributed by atoms with E-state index < -0.39 is 17.1 Å². The average molecular weight is 582 g/mol. The summed E-state index contributed by atoms with van der Waals surface area (Å²) in [6.07, 6.45) is 3.48. The number of amides is 1. The summed E-state index contributed by atoms with van der Waals surface area (Å²) in [5.41, 5.74) is 2.27. The molecule has 6 rings (SSSR count). The molecule has 2 fully saturated rings. The summed E-state index contributed by atoms with van der Waals surface area (Å²) in [6, 6.07) is 9.24. The largest absolute Gasteiger partial charge is 0.496 e. The first-order chi connectivity index (χ1) is 18.0. The molecule has 2 aliphatic carbocycles. The summed E-state index contributed by atoms with van der Waals surface area (Å²) >= 11 is 3.73. The van der Waals surface area contributed by atoms with Crippen molar-refractivity contribution in [1.82, 2.24) is 10.6 Å². The van der Waals surface area contributed by atoms with Crippen LogP contribution in [0.1, 0.15) is 80.0 Å². The van der Waals surface area contributed by atoms with Gasteiger partial charge in [-0.2, -0.15) is 0 Å². The molecule has 6 nitrogen and oxygen atoms in total. The SMILES string of the molecule is CN[C@@H]1C[C@@]23Oc4c(cc(Br)c5c4[C@@H](c4ccccc4OC)NC5=O)C[C@]2(C)[C@@H](C)CC[C@H]3C(C)(C)C1=O. The van der Waals surface area contributed by atoms with Crippen molar-refractivity contribution < 1.29 is 19.1 Å². The zero-order valence-corrected chi connectivity index (χ0v) is 24.6. The van der Waals surface area contributed by atoms with Gasteiger partial charge in [-0.05, 0) is 65.9 Å². The highest BCUT2D eigenvalue weighted by Gasteiger charge is 2.69. The first-order valence-electron chi connectivity index (χ1n) is 13.7. The Bertz CT molecular complexity index is 1360. The normalized spacial score (nSPS) is 34.8. The third kappa shape index (κ3) is 3.21. The lowest BCUT2D eigenvalue weighted by Gasteiger charge is -2.66. The summed E-state index contributed by atoms with van der Waals surface area (Å²) < 4.78 is 13.9. The number of likely N-dealkylation sites (N-methyl/N-ethyl adjacent to an activating group) is 1. The maximum atomic E-state index is 13.6. The van der Waals surface area contributed by atoms with Crippen molar-refractivity contribution in [2.24, 2.45) is 22.7 Å². The molecule has 6 atom stereocenters. The molecule has 0 bridgehead atoms. The van der Waals surface area contributed by atoms with Crippen LogP contribution in [0.3, 0.4) is 0 Å². The number of methoxy groups -OCH3 is 1. The van der Waals surface area contributed by atoms with Crippen LogP contribution in [-0.4, -0.2) is 37.5 Å². The van der Waals surface area contributed by atoms with Crippen LogP contribution in [-0.2, 0) is 11.2 Å². The Balaban J connectivity index is 1.60. The molecule has 2 N–H and O–H groups in total. The van der Waals surface area contributed by atoms with E-state index in [0.29, 0.717) is 17.9 Å². The quantitative estimate of drug-likeness (QED) is 0.494. The predicted molar refractivity (Wildman–Crippen MR) is 150 cm³/mol. The fraction of sp³-hybridized carbons (Fsp3) is 0.548. The maximum Gasteiger partial charge on any atom is 0.253 e. The van der Waals surface area contributed by atoms with Gasteiger partial charge in [0.2, 0.25) is 0 Å². The summed E-state index contributed by atoms with van der Waals surface area (Å²) in [7, 11) is 3.53. The van der Waals surface area contributed by atoms with Gasteiger partial charge in [0, 0.05) is 38.8 Å². The molecule has 2 aromatic carbocycles. The number of benzene rings is 2.